The molecule has 15 heavy (non-hydrogen) atoms. The Labute approximate surface area is 86.8 Å². The number of aldehydes is 1. The van der Waals surface area contributed by atoms with Gasteiger partial charge in [0.15, 0.2) is 6.10 Å². The highest BCUT2D eigenvalue weighted by Crippen LogP contribution is 2.17. The quantitative estimate of drug-likeness (QED) is 0.550. The number of benzene rings is 1. The molecule has 78 valence electrons. The average Bonchev–Trinajstić information content (AvgIpc) is 2.66. The van der Waals surface area contributed by atoms with Crippen LogP contribution in [-0.2, 0) is 9.53 Å². The van der Waals surface area contributed by atoms with Crippen molar-refractivity contribution in [2.45, 2.75) is 12.5 Å². The zero-order valence-electron chi connectivity index (χ0n) is 8.01. The van der Waals surface area contributed by atoms with E-state index < -0.39 is 6.10 Å². The van der Waals surface area contributed by atoms with Gasteiger partial charge in [0.05, 0.1) is 6.61 Å². The predicted molar refractivity (Wildman–Crippen MR) is 51.8 cm³/mol. The van der Waals surface area contributed by atoms with Gasteiger partial charge < -0.3 is 9.47 Å². The third kappa shape index (κ3) is 2.15. The Morgan fingerprint density at radius 3 is 2.60 bits per heavy atom. The maximum Gasteiger partial charge on any atom is 0.347 e. The van der Waals surface area contributed by atoms with Crippen LogP contribution in [0.5, 0.6) is 5.75 Å². The fraction of sp³-hybridized carbons (Fsp3) is 0.273. The molecule has 4 nitrogen and oxygen atoms in total. The summed E-state index contributed by atoms with van der Waals surface area (Å²) < 4.78 is 10.2. The van der Waals surface area contributed by atoms with Crippen LogP contribution in [0.1, 0.15) is 16.8 Å². The third-order valence-corrected chi connectivity index (χ3v) is 2.18. The largest absolute Gasteiger partial charge is 0.479 e. The van der Waals surface area contributed by atoms with E-state index in [1.165, 1.54) is 0 Å². The number of carbonyl (C=O) groups excluding carboxylic acids is 2. The van der Waals surface area contributed by atoms with Crippen molar-refractivity contribution in [3.05, 3.63) is 29.8 Å². The van der Waals surface area contributed by atoms with Crippen molar-refractivity contribution in [3.8, 4) is 5.75 Å². The van der Waals surface area contributed by atoms with E-state index in [-0.39, 0.29) is 5.97 Å². The van der Waals surface area contributed by atoms with E-state index in [0.29, 0.717) is 24.3 Å². The highest BCUT2D eigenvalue weighted by molar-refractivity contribution is 5.77. The van der Waals surface area contributed by atoms with Gasteiger partial charge >= 0.3 is 5.97 Å². The van der Waals surface area contributed by atoms with Crippen LogP contribution in [0.3, 0.4) is 0 Å². The summed E-state index contributed by atoms with van der Waals surface area (Å²) in [5.41, 5.74) is 0.580. The molecule has 1 heterocycles. The van der Waals surface area contributed by atoms with Crippen LogP contribution in [0, 0.1) is 0 Å². The smallest absolute Gasteiger partial charge is 0.347 e. The summed E-state index contributed by atoms with van der Waals surface area (Å²) >= 11 is 0. The lowest BCUT2D eigenvalue weighted by Crippen LogP contribution is -2.21. The maximum atomic E-state index is 11.1. The molecule has 1 aliphatic heterocycles. The Hall–Kier alpha value is -1.84. The van der Waals surface area contributed by atoms with Crippen LogP contribution in [-0.4, -0.2) is 25.0 Å². The number of rotatable bonds is 3. The molecule has 0 saturated carbocycles. The van der Waals surface area contributed by atoms with Gasteiger partial charge in [-0.2, -0.15) is 0 Å². The molecule has 0 radical (unpaired) electrons. The van der Waals surface area contributed by atoms with E-state index >= 15 is 0 Å². The topological polar surface area (TPSA) is 52.6 Å². The minimum Gasteiger partial charge on any atom is -0.479 e. The fourth-order valence-corrected chi connectivity index (χ4v) is 1.37. The van der Waals surface area contributed by atoms with Gasteiger partial charge in [0.2, 0.25) is 0 Å². The molecule has 1 saturated heterocycles. The van der Waals surface area contributed by atoms with Gasteiger partial charge in [0, 0.05) is 12.0 Å². The SMILES string of the molecule is O=Cc1ccc(OC2CCOC2=O)cc1. The van der Waals surface area contributed by atoms with Crippen molar-refractivity contribution in [2.24, 2.45) is 0 Å². The van der Waals surface area contributed by atoms with Crippen LogP contribution in [0.4, 0.5) is 0 Å². The Kier molecular flexibility index (Phi) is 2.67. The third-order valence-electron chi connectivity index (χ3n) is 2.18. The van der Waals surface area contributed by atoms with E-state index in [2.05, 4.69) is 0 Å². The average molecular weight is 206 g/mol. The molecule has 1 unspecified atom stereocenters. The van der Waals surface area contributed by atoms with Crippen molar-refractivity contribution in [1.29, 1.82) is 0 Å². The Morgan fingerprint density at radius 2 is 2.07 bits per heavy atom. The van der Waals surface area contributed by atoms with Gasteiger partial charge in [-0.25, -0.2) is 4.79 Å². The molecule has 1 aromatic carbocycles. The summed E-state index contributed by atoms with van der Waals surface area (Å²) in [5, 5.41) is 0. The molecule has 0 amide bonds. The van der Waals surface area contributed by atoms with Gasteiger partial charge in [0.1, 0.15) is 12.0 Å². The predicted octanol–water partition coefficient (Wildman–Crippen LogP) is 1.19. The monoisotopic (exact) mass is 206 g/mol. The Balaban J connectivity index is 2.04. The molecule has 0 aliphatic carbocycles. The van der Waals surface area contributed by atoms with Crippen LogP contribution in [0.2, 0.25) is 0 Å². The minimum absolute atomic E-state index is 0.325. The lowest BCUT2D eigenvalue weighted by Gasteiger charge is -2.09. The van der Waals surface area contributed by atoms with Crippen molar-refractivity contribution in [2.75, 3.05) is 6.61 Å². The molecule has 0 spiro atoms. The lowest BCUT2D eigenvalue weighted by molar-refractivity contribution is -0.143. The Bertz CT molecular complexity index is 369. The molecule has 2 rings (SSSR count). The number of ether oxygens (including phenoxy) is 2. The fourth-order valence-electron chi connectivity index (χ4n) is 1.37. The van der Waals surface area contributed by atoms with Gasteiger partial charge in [-0.1, -0.05) is 0 Å². The van der Waals surface area contributed by atoms with Crippen LogP contribution < -0.4 is 4.74 Å². The second-order valence-electron chi connectivity index (χ2n) is 3.25. The second kappa shape index (κ2) is 4.13. The van der Waals surface area contributed by atoms with Crippen molar-refractivity contribution < 1.29 is 19.1 Å². The van der Waals surface area contributed by atoms with Gasteiger partial charge in [-0.15, -0.1) is 0 Å². The molecule has 1 aliphatic rings. The standard InChI is InChI=1S/C11H10O4/c12-7-8-1-3-9(4-2-8)15-10-5-6-14-11(10)13/h1-4,7,10H,5-6H2. The molecule has 1 fully saturated rings. The molecule has 4 heteroatoms. The zero-order valence-corrected chi connectivity index (χ0v) is 8.01. The van der Waals surface area contributed by atoms with E-state index in [1.807, 2.05) is 0 Å². The summed E-state index contributed by atoms with van der Waals surface area (Å²) in [6, 6.07) is 6.61. The molecule has 0 bridgehead atoms. The summed E-state index contributed by atoms with van der Waals surface area (Å²) in [5.74, 6) is 0.249. The lowest BCUT2D eigenvalue weighted by atomic mass is 10.2. The molecule has 0 N–H and O–H groups in total. The molecular weight excluding hydrogens is 196 g/mol. The minimum atomic E-state index is -0.507. The molecule has 1 aromatic rings. The molecular formula is C11H10O4. The summed E-state index contributed by atoms with van der Waals surface area (Å²) in [7, 11) is 0. The summed E-state index contributed by atoms with van der Waals surface area (Å²) in [6.07, 6.45) is 0.828. The molecule has 0 aromatic heterocycles. The number of hydrogen-bond acceptors (Lipinski definition) is 4. The number of cyclic esters (lactones) is 1. The van der Waals surface area contributed by atoms with E-state index in [9.17, 15) is 9.59 Å². The van der Waals surface area contributed by atoms with Gasteiger partial charge in [-0.05, 0) is 24.3 Å². The van der Waals surface area contributed by atoms with E-state index in [1.54, 1.807) is 24.3 Å². The number of hydrogen-bond donors (Lipinski definition) is 0. The van der Waals surface area contributed by atoms with E-state index in [0.717, 1.165) is 6.29 Å². The first-order valence-electron chi connectivity index (χ1n) is 4.68. The highest BCUT2D eigenvalue weighted by atomic mass is 16.6. The van der Waals surface area contributed by atoms with Crippen molar-refractivity contribution >= 4 is 12.3 Å². The first kappa shape index (κ1) is 9.71. The summed E-state index contributed by atoms with van der Waals surface area (Å²) in [6.45, 7) is 0.413. The van der Waals surface area contributed by atoms with Crippen molar-refractivity contribution in [1.82, 2.24) is 0 Å². The van der Waals surface area contributed by atoms with Crippen LogP contribution in [0.25, 0.3) is 0 Å². The maximum absolute atomic E-state index is 11.1. The normalized spacial score (nSPS) is 19.7. The number of esters is 1. The first-order valence-corrected chi connectivity index (χ1v) is 4.68. The van der Waals surface area contributed by atoms with Crippen molar-refractivity contribution in [3.63, 3.8) is 0 Å². The Morgan fingerprint density at radius 1 is 1.33 bits per heavy atom. The first-order chi connectivity index (χ1) is 7.29. The van der Waals surface area contributed by atoms with Crippen LogP contribution >= 0.6 is 0 Å². The van der Waals surface area contributed by atoms with E-state index in [4.69, 9.17) is 9.47 Å². The highest BCUT2D eigenvalue weighted by Gasteiger charge is 2.28. The van der Waals surface area contributed by atoms with Crippen LogP contribution in [0.15, 0.2) is 24.3 Å². The molecule has 1 atom stereocenters. The number of carbonyl (C=O) groups is 2. The summed E-state index contributed by atoms with van der Waals surface area (Å²) in [4.78, 5) is 21.5. The zero-order chi connectivity index (χ0) is 10.7. The van der Waals surface area contributed by atoms with Gasteiger partial charge in [0.25, 0.3) is 0 Å². The van der Waals surface area contributed by atoms with Gasteiger partial charge in [-0.3, -0.25) is 4.79 Å². The second-order valence-corrected chi connectivity index (χ2v) is 3.25.